The molecule has 2 rings (SSSR count). The van der Waals surface area contributed by atoms with Gasteiger partial charge >= 0.3 is 0 Å². The number of anilines is 2. The van der Waals surface area contributed by atoms with Crippen molar-refractivity contribution in [2.45, 2.75) is 26.8 Å². The maximum atomic E-state index is 5.84. The minimum absolute atomic E-state index is 0.562. The fourth-order valence-corrected chi connectivity index (χ4v) is 2.25. The molecule has 0 saturated carbocycles. The Labute approximate surface area is 115 Å². The molecule has 0 aliphatic carbocycles. The summed E-state index contributed by atoms with van der Waals surface area (Å²) in [6.07, 6.45) is 1.07. The van der Waals surface area contributed by atoms with Crippen LogP contribution in [0.2, 0.25) is 0 Å². The monoisotopic (exact) mass is 254 g/mol. The van der Waals surface area contributed by atoms with E-state index in [2.05, 4.69) is 68.3 Å². The van der Waals surface area contributed by atoms with Gasteiger partial charge < -0.3 is 10.6 Å². The van der Waals surface area contributed by atoms with E-state index in [0.717, 1.165) is 6.42 Å². The fraction of sp³-hybridized carbons (Fsp3) is 0.294. The molecule has 0 amide bonds. The van der Waals surface area contributed by atoms with Gasteiger partial charge in [-0.3, -0.25) is 0 Å². The molecule has 19 heavy (non-hydrogen) atoms. The van der Waals surface area contributed by atoms with Gasteiger partial charge in [-0.05, 0) is 48.2 Å². The molecule has 0 bridgehead atoms. The average molecular weight is 254 g/mol. The summed E-state index contributed by atoms with van der Waals surface area (Å²) in [5.41, 5.74) is 12.0. The molecular weight excluding hydrogens is 232 g/mol. The molecule has 0 aromatic heterocycles. The van der Waals surface area contributed by atoms with Crippen molar-refractivity contribution in [3.05, 3.63) is 59.2 Å². The third-order valence-electron chi connectivity index (χ3n) is 3.55. The van der Waals surface area contributed by atoms with Gasteiger partial charge in [-0.15, -0.1) is 0 Å². The Morgan fingerprint density at radius 1 is 1.05 bits per heavy atom. The molecule has 0 spiro atoms. The molecule has 2 aromatic carbocycles. The van der Waals surface area contributed by atoms with Gasteiger partial charge in [-0.2, -0.15) is 0 Å². The zero-order valence-electron chi connectivity index (χ0n) is 12.0. The summed E-state index contributed by atoms with van der Waals surface area (Å²) >= 11 is 0. The van der Waals surface area contributed by atoms with Gasteiger partial charge in [0.05, 0.1) is 0 Å². The maximum Gasteiger partial charge on any atom is 0.0456 e. The summed E-state index contributed by atoms with van der Waals surface area (Å²) in [7, 11) is 2.09. The van der Waals surface area contributed by atoms with Crippen LogP contribution in [0.4, 0.5) is 11.4 Å². The summed E-state index contributed by atoms with van der Waals surface area (Å²) in [4.78, 5) is 2.20. The second-order valence-electron chi connectivity index (χ2n) is 4.92. The number of nitrogens with zero attached hydrogens (tertiary/aromatic N) is 1. The van der Waals surface area contributed by atoms with Gasteiger partial charge in [0.2, 0.25) is 0 Å². The first-order valence-corrected chi connectivity index (χ1v) is 6.78. The summed E-state index contributed by atoms with van der Waals surface area (Å²) < 4.78 is 0. The van der Waals surface area contributed by atoms with E-state index in [9.17, 15) is 0 Å². The summed E-state index contributed by atoms with van der Waals surface area (Å²) in [6.45, 7) is 4.84. The molecule has 0 saturated heterocycles. The van der Waals surface area contributed by atoms with E-state index in [1.807, 2.05) is 0 Å². The highest BCUT2D eigenvalue weighted by atomic mass is 15.1. The number of benzene rings is 2. The first kappa shape index (κ1) is 13.6. The molecule has 0 unspecified atom stereocenters. The molecule has 0 fully saturated rings. The molecular formula is C17H22N2. The number of aryl methyl sites for hydroxylation is 2. The van der Waals surface area contributed by atoms with E-state index >= 15 is 0 Å². The molecule has 2 nitrogen and oxygen atoms in total. The first-order chi connectivity index (χ1) is 9.15. The van der Waals surface area contributed by atoms with Gasteiger partial charge in [0.15, 0.2) is 0 Å². The summed E-state index contributed by atoms with van der Waals surface area (Å²) in [5, 5.41) is 0. The van der Waals surface area contributed by atoms with Crippen LogP contribution in [0, 0.1) is 6.92 Å². The smallest absolute Gasteiger partial charge is 0.0456 e. The lowest BCUT2D eigenvalue weighted by molar-refractivity contribution is 1.04. The maximum absolute atomic E-state index is 5.84. The largest absolute Gasteiger partial charge is 0.344 e. The van der Waals surface area contributed by atoms with Crippen molar-refractivity contribution in [3.63, 3.8) is 0 Å². The molecule has 0 aliphatic heterocycles. The molecule has 2 aromatic rings. The van der Waals surface area contributed by atoms with E-state index in [-0.39, 0.29) is 0 Å². The lowest BCUT2D eigenvalue weighted by Gasteiger charge is -2.23. The van der Waals surface area contributed by atoms with Gasteiger partial charge in [0, 0.05) is 25.0 Å². The van der Waals surface area contributed by atoms with Gasteiger partial charge in [0.25, 0.3) is 0 Å². The van der Waals surface area contributed by atoms with Crippen LogP contribution < -0.4 is 10.6 Å². The highest BCUT2D eigenvalue weighted by Crippen LogP contribution is 2.28. The third-order valence-corrected chi connectivity index (χ3v) is 3.55. The second kappa shape index (κ2) is 5.89. The van der Waals surface area contributed by atoms with E-state index < -0.39 is 0 Å². The van der Waals surface area contributed by atoms with Gasteiger partial charge in [-0.1, -0.05) is 31.2 Å². The van der Waals surface area contributed by atoms with Gasteiger partial charge in [0.1, 0.15) is 0 Å². The minimum atomic E-state index is 0.562. The molecule has 2 N–H and O–H groups in total. The minimum Gasteiger partial charge on any atom is -0.344 e. The molecule has 0 radical (unpaired) electrons. The van der Waals surface area contributed by atoms with E-state index in [4.69, 9.17) is 5.73 Å². The number of nitrogens with two attached hydrogens (primary N) is 1. The van der Waals surface area contributed by atoms with Crippen LogP contribution in [0.5, 0.6) is 0 Å². The van der Waals surface area contributed by atoms with E-state index in [1.54, 1.807) is 0 Å². The Hall–Kier alpha value is -1.80. The molecule has 0 heterocycles. The van der Waals surface area contributed by atoms with Crippen molar-refractivity contribution in [1.29, 1.82) is 0 Å². The Balaban J connectivity index is 2.36. The van der Waals surface area contributed by atoms with Crippen molar-refractivity contribution in [2.75, 3.05) is 11.9 Å². The molecule has 0 atom stereocenters. The molecule has 100 valence electrons. The Kier molecular flexibility index (Phi) is 4.23. The van der Waals surface area contributed by atoms with Crippen LogP contribution in [0.25, 0.3) is 0 Å². The first-order valence-electron chi connectivity index (χ1n) is 6.78. The van der Waals surface area contributed by atoms with Crippen molar-refractivity contribution in [1.82, 2.24) is 0 Å². The predicted octanol–water partition coefficient (Wildman–Crippen LogP) is 3.78. The lowest BCUT2D eigenvalue weighted by Crippen LogP contribution is -2.13. The van der Waals surface area contributed by atoms with Crippen LogP contribution in [0.15, 0.2) is 42.5 Å². The topological polar surface area (TPSA) is 29.3 Å². The van der Waals surface area contributed by atoms with Crippen molar-refractivity contribution < 1.29 is 0 Å². The summed E-state index contributed by atoms with van der Waals surface area (Å²) in [6, 6.07) is 15.1. The summed E-state index contributed by atoms with van der Waals surface area (Å²) in [5.74, 6) is 0. The van der Waals surface area contributed by atoms with Crippen molar-refractivity contribution in [3.8, 4) is 0 Å². The SMILES string of the molecule is CCc1ccc(N(C)c2cc(C)ccc2CN)cc1. The van der Waals surface area contributed by atoms with Crippen molar-refractivity contribution >= 4 is 11.4 Å². The Morgan fingerprint density at radius 2 is 1.74 bits per heavy atom. The average Bonchev–Trinajstić information content (AvgIpc) is 2.46. The van der Waals surface area contributed by atoms with Crippen LogP contribution in [0.3, 0.4) is 0 Å². The normalized spacial score (nSPS) is 10.5. The Bertz CT molecular complexity index is 544. The van der Waals surface area contributed by atoms with Crippen LogP contribution in [-0.2, 0) is 13.0 Å². The van der Waals surface area contributed by atoms with Crippen LogP contribution in [-0.4, -0.2) is 7.05 Å². The van der Waals surface area contributed by atoms with Crippen LogP contribution in [0.1, 0.15) is 23.6 Å². The number of hydrogen-bond donors (Lipinski definition) is 1. The lowest BCUT2D eigenvalue weighted by atomic mass is 10.1. The highest BCUT2D eigenvalue weighted by molar-refractivity contribution is 5.66. The molecule has 2 heteroatoms. The third kappa shape index (κ3) is 2.96. The zero-order chi connectivity index (χ0) is 13.8. The standard InChI is InChI=1S/C17H22N2/c1-4-14-6-9-16(10-7-14)19(3)17-11-13(2)5-8-15(17)12-18/h5-11H,4,12,18H2,1-3H3. The second-order valence-corrected chi connectivity index (χ2v) is 4.92. The van der Waals surface area contributed by atoms with Gasteiger partial charge in [-0.25, -0.2) is 0 Å². The van der Waals surface area contributed by atoms with Crippen LogP contribution >= 0.6 is 0 Å². The van der Waals surface area contributed by atoms with E-state index in [0.29, 0.717) is 6.54 Å². The quantitative estimate of drug-likeness (QED) is 0.899. The number of rotatable bonds is 4. The van der Waals surface area contributed by atoms with Crippen molar-refractivity contribution in [2.24, 2.45) is 5.73 Å². The zero-order valence-corrected chi connectivity index (χ0v) is 12.0. The highest BCUT2D eigenvalue weighted by Gasteiger charge is 2.08. The number of hydrogen-bond acceptors (Lipinski definition) is 2. The molecule has 0 aliphatic rings. The van der Waals surface area contributed by atoms with E-state index in [1.165, 1.54) is 28.1 Å². The Morgan fingerprint density at radius 3 is 2.32 bits per heavy atom. The predicted molar refractivity (Wildman–Crippen MR) is 83.0 cm³/mol. The fourth-order valence-electron chi connectivity index (χ4n) is 2.25.